The molecule has 0 aromatic heterocycles. The van der Waals surface area contributed by atoms with Crippen LogP contribution in [-0.2, 0) is 4.79 Å². The Morgan fingerprint density at radius 2 is 1.39 bits per heavy atom. The van der Waals surface area contributed by atoms with Crippen molar-refractivity contribution in [2.75, 3.05) is 13.1 Å². The molecule has 3 nitrogen and oxygen atoms in total. The standard InChI is InChI=1S/C14H29NO2.Na/c1-2-3-4-5-6-7-8-9-12-15-13-10-11-14(16)17;/h15H,2-13H2,1H3,(H,16,17);/q;+1/p-1. The molecule has 4 heteroatoms. The molecule has 0 amide bonds. The second-order valence-electron chi connectivity index (χ2n) is 4.70. The summed E-state index contributed by atoms with van der Waals surface area (Å²) in [5, 5.41) is 13.4. The number of nitrogens with one attached hydrogen (secondary N) is 1. The second-order valence-corrected chi connectivity index (χ2v) is 4.70. The maximum absolute atomic E-state index is 10.1. The molecule has 102 valence electrons. The zero-order valence-electron chi connectivity index (χ0n) is 12.3. The van der Waals surface area contributed by atoms with E-state index in [1.807, 2.05) is 0 Å². The quantitative estimate of drug-likeness (QED) is 0.352. The van der Waals surface area contributed by atoms with Crippen molar-refractivity contribution >= 4 is 5.97 Å². The summed E-state index contributed by atoms with van der Waals surface area (Å²) in [4.78, 5) is 10.1. The van der Waals surface area contributed by atoms with Crippen LogP contribution in [0.3, 0.4) is 0 Å². The first-order chi connectivity index (χ1) is 8.27. The third-order valence-corrected chi connectivity index (χ3v) is 2.94. The molecule has 0 aromatic carbocycles. The molecule has 1 N–H and O–H groups in total. The van der Waals surface area contributed by atoms with E-state index in [9.17, 15) is 9.90 Å². The molecule has 0 atom stereocenters. The normalized spacial score (nSPS) is 10.1. The monoisotopic (exact) mass is 265 g/mol. The summed E-state index contributed by atoms with van der Waals surface area (Å²) < 4.78 is 0. The van der Waals surface area contributed by atoms with Gasteiger partial charge in [-0.1, -0.05) is 51.9 Å². The molecule has 0 saturated carbocycles. The number of carboxylic acids is 1. The van der Waals surface area contributed by atoms with E-state index in [0.717, 1.165) is 13.1 Å². The Hall–Kier alpha value is 0.430. The molecule has 0 aromatic rings. The Bertz CT molecular complexity index is 177. The predicted octanol–water partition coefficient (Wildman–Crippen LogP) is -0.749. The van der Waals surface area contributed by atoms with Gasteiger partial charge in [0, 0.05) is 5.97 Å². The minimum Gasteiger partial charge on any atom is -0.550 e. The minimum absolute atomic E-state index is 0. The van der Waals surface area contributed by atoms with Crippen LogP contribution in [0.4, 0.5) is 0 Å². The summed E-state index contributed by atoms with van der Waals surface area (Å²) in [6, 6.07) is 0. The van der Waals surface area contributed by atoms with Crippen LogP contribution in [0.15, 0.2) is 0 Å². The van der Waals surface area contributed by atoms with Gasteiger partial charge in [-0.2, -0.15) is 0 Å². The van der Waals surface area contributed by atoms with Gasteiger partial charge in [0.1, 0.15) is 0 Å². The molecule has 18 heavy (non-hydrogen) atoms. The molecule has 0 rings (SSSR count). The Kier molecular flexibility index (Phi) is 20.1. The van der Waals surface area contributed by atoms with Crippen LogP contribution in [0.5, 0.6) is 0 Å². The Morgan fingerprint density at radius 1 is 0.889 bits per heavy atom. The van der Waals surface area contributed by atoms with E-state index in [-0.39, 0.29) is 36.0 Å². The summed E-state index contributed by atoms with van der Waals surface area (Å²) in [5.74, 6) is -0.945. The number of carbonyl (C=O) groups excluding carboxylic acids is 1. The van der Waals surface area contributed by atoms with Crippen LogP contribution in [-0.4, -0.2) is 19.1 Å². The average molecular weight is 265 g/mol. The maximum Gasteiger partial charge on any atom is 1.00 e. The van der Waals surface area contributed by atoms with Gasteiger partial charge < -0.3 is 15.2 Å². The van der Waals surface area contributed by atoms with Crippen molar-refractivity contribution in [2.24, 2.45) is 0 Å². The van der Waals surface area contributed by atoms with Crippen molar-refractivity contribution in [1.29, 1.82) is 0 Å². The molecule has 0 spiro atoms. The average Bonchev–Trinajstić information content (AvgIpc) is 2.30. The van der Waals surface area contributed by atoms with Gasteiger partial charge in [0.05, 0.1) is 0 Å². The van der Waals surface area contributed by atoms with Gasteiger partial charge in [0.25, 0.3) is 0 Å². The first-order valence-electron chi connectivity index (χ1n) is 7.18. The maximum atomic E-state index is 10.1. The molecule has 0 saturated heterocycles. The fraction of sp³-hybridized carbons (Fsp3) is 0.929. The van der Waals surface area contributed by atoms with Crippen molar-refractivity contribution in [3.8, 4) is 0 Å². The van der Waals surface area contributed by atoms with Gasteiger partial charge >= 0.3 is 29.6 Å². The van der Waals surface area contributed by atoms with Gasteiger partial charge in [0.2, 0.25) is 0 Å². The minimum atomic E-state index is -0.945. The van der Waals surface area contributed by atoms with Gasteiger partial charge in [-0.3, -0.25) is 0 Å². The van der Waals surface area contributed by atoms with E-state index >= 15 is 0 Å². The van der Waals surface area contributed by atoms with Crippen LogP contribution in [0.2, 0.25) is 0 Å². The third kappa shape index (κ3) is 18.8. The SMILES string of the molecule is CCCCCCCCCCNCCCC(=O)[O-].[Na+]. The zero-order chi connectivity index (χ0) is 12.8. The van der Waals surface area contributed by atoms with Crippen molar-refractivity contribution in [2.45, 2.75) is 71.1 Å². The summed E-state index contributed by atoms with van der Waals surface area (Å²) in [6.07, 6.45) is 11.5. The third-order valence-electron chi connectivity index (χ3n) is 2.94. The van der Waals surface area contributed by atoms with Crippen molar-refractivity contribution in [3.63, 3.8) is 0 Å². The fourth-order valence-electron chi connectivity index (χ4n) is 1.87. The molecular formula is C14H28NNaO2. The predicted molar refractivity (Wildman–Crippen MR) is 69.7 cm³/mol. The Balaban J connectivity index is 0. The summed E-state index contributed by atoms with van der Waals surface area (Å²) >= 11 is 0. The van der Waals surface area contributed by atoms with Crippen LogP contribution >= 0.6 is 0 Å². The number of hydrogen-bond acceptors (Lipinski definition) is 3. The number of rotatable bonds is 13. The van der Waals surface area contributed by atoms with Crippen LogP contribution < -0.4 is 40.0 Å². The number of aliphatic carboxylic acids is 1. The largest absolute Gasteiger partial charge is 1.00 e. The summed E-state index contributed by atoms with van der Waals surface area (Å²) in [7, 11) is 0. The molecule has 0 aliphatic rings. The Morgan fingerprint density at radius 3 is 1.94 bits per heavy atom. The molecular weight excluding hydrogens is 237 g/mol. The van der Waals surface area contributed by atoms with E-state index in [1.165, 1.54) is 51.4 Å². The van der Waals surface area contributed by atoms with E-state index in [0.29, 0.717) is 6.42 Å². The number of unbranched alkanes of at least 4 members (excludes halogenated alkanes) is 7. The Labute approximate surface area is 134 Å². The van der Waals surface area contributed by atoms with Crippen LogP contribution in [0, 0.1) is 0 Å². The first kappa shape index (κ1) is 20.7. The van der Waals surface area contributed by atoms with Crippen LogP contribution in [0.25, 0.3) is 0 Å². The topological polar surface area (TPSA) is 52.2 Å². The van der Waals surface area contributed by atoms with Gasteiger partial charge in [-0.15, -0.1) is 0 Å². The second kappa shape index (κ2) is 17.4. The zero-order valence-corrected chi connectivity index (χ0v) is 14.3. The van der Waals surface area contributed by atoms with E-state index < -0.39 is 5.97 Å². The van der Waals surface area contributed by atoms with Gasteiger partial charge in [-0.05, 0) is 32.4 Å². The fourth-order valence-corrected chi connectivity index (χ4v) is 1.87. The van der Waals surface area contributed by atoms with Crippen LogP contribution in [0.1, 0.15) is 71.1 Å². The van der Waals surface area contributed by atoms with Crippen molar-refractivity contribution in [3.05, 3.63) is 0 Å². The molecule has 0 aliphatic carbocycles. The number of hydrogen-bond donors (Lipinski definition) is 1. The van der Waals surface area contributed by atoms with E-state index in [2.05, 4.69) is 12.2 Å². The molecule has 0 heterocycles. The number of carboxylic acid groups (broad SMARTS) is 1. The van der Waals surface area contributed by atoms with Crippen molar-refractivity contribution < 1.29 is 39.5 Å². The van der Waals surface area contributed by atoms with Gasteiger partial charge in [0.15, 0.2) is 0 Å². The molecule has 0 bridgehead atoms. The molecule has 0 radical (unpaired) electrons. The summed E-state index contributed by atoms with van der Waals surface area (Å²) in [6.45, 7) is 4.05. The first-order valence-corrected chi connectivity index (χ1v) is 7.18. The van der Waals surface area contributed by atoms with E-state index in [1.54, 1.807) is 0 Å². The number of carbonyl (C=O) groups is 1. The molecule has 0 fully saturated rings. The molecule has 0 aliphatic heterocycles. The van der Waals surface area contributed by atoms with Gasteiger partial charge in [-0.25, -0.2) is 0 Å². The smallest absolute Gasteiger partial charge is 0.550 e. The molecule has 0 unspecified atom stereocenters. The van der Waals surface area contributed by atoms with E-state index in [4.69, 9.17) is 0 Å². The summed E-state index contributed by atoms with van der Waals surface area (Å²) in [5.41, 5.74) is 0. The van der Waals surface area contributed by atoms with Crippen molar-refractivity contribution in [1.82, 2.24) is 5.32 Å².